The van der Waals surface area contributed by atoms with Gasteiger partial charge in [0.2, 0.25) is 0 Å². The molecule has 6 atom stereocenters. The van der Waals surface area contributed by atoms with Gasteiger partial charge in [0.15, 0.2) is 12.2 Å². The molecule has 0 aliphatic rings. The third-order valence-electron chi connectivity index (χ3n) is 17.1. The normalized spacial score (nSPS) is 14.4. The Morgan fingerprint density at radius 2 is 0.560 bits per heavy atom. The number of hydrogen-bond donors (Lipinski definition) is 3. The van der Waals surface area contributed by atoms with E-state index >= 15 is 0 Å². The van der Waals surface area contributed by atoms with Crippen LogP contribution in [0.4, 0.5) is 0 Å². The Balaban J connectivity index is 5.15. The van der Waals surface area contributed by atoms with E-state index in [9.17, 15) is 43.2 Å². The number of phosphoric ester groups is 2. The second-order valence-electron chi connectivity index (χ2n) is 26.7. The first kappa shape index (κ1) is 89.1. The van der Waals surface area contributed by atoms with Crippen molar-refractivity contribution in [1.29, 1.82) is 0 Å². The number of unbranched alkanes of at least 4 members (excludes halogenated alkanes) is 40. The molecule has 91 heavy (non-hydrogen) atoms. The van der Waals surface area contributed by atoms with Crippen LogP contribution in [0.25, 0.3) is 0 Å². The minimum absolute atomic E-state index is 0.104. The Kier molecular flexibility index (Phi) is 62.7. The zero-order valence-corrected chi connectivity index (χ0v) is 60.9. The summed E-state index contributed by atoms with van der Waals surface area (Å²) in [5.74, 6) is -0.634. The third kappa shape index (κ3) is 65.1. The lowest BCUT2D eigenvalue weighted by molar-refractivity contribution is -0.161. The molecule has 0 bridgehead atoms. The van der Waals surface area contributed by atoms with Crippen LogP contribution in [0, 0.1) is 11.8 Å². The van der Waals surface area contributed by atoms with Crippen molar-refractivity contribution >= 4 is 39.5 Å². The van der Waals surface area contributed by atoms with Gasteiger partial charge in [-0.05, 0) is 37.5 Å². The van der Waals surface area contributed by atoms with Crippen LogP contribution >= 0.6 is 15.6 Å². The van der Waals surface area contributed by atoms with E-state index < -0.39 is 97.5 Å². The van der Waals surface area contributed by atoms with Crippen LogP contribution in [0.5, 0.6) is 0 Å². The van der Waals surface area contributed by atoms with Crippen LogP contribution in [-0.2, 0) is 65.4 Å². The van der Waals surface area contributed by atoms with Crippen LogP contribution in [-0.4, -0.2) is 96.7 Å². The monoisotopic (exact) mass is 1340 g/mol. The molecule has 0 aromatic rings. The summed E-state index contributed by atoms with van der Waals surface area (Å²) in [4.78, 5) is 72.4. The summed E-state index contributed by atoms with van der Waals surface area (Å²) in [6.45, 7) is 9.47. The first-order valence-corrected chi connectivity index (χ1v) is 40.5. The van der Waals surface area contributed by atoms with Crippen molar-refractivity contribution in [3.05, 3.63) is 0 Å². The van der Waals surface area contributed by atoms with Gasteiger partial charge in [-0.15, -0.1) is 0 Å². The SMILES string of the molecule is CCCCCCCCCCCCCCCCCCCCCCCC(=O)O[C@H](COC(=O)CCCCCCCCCCC(C)CC)COP(=O)(O)OC[C@@H](O)COP(=O)(O)OC[C@@H](COC(=O)CCCCCCCCC)OC(=O)CCCCCCCCCCC(C)C. The van der Waals surface area contributed by atoms with E-state index in [1.807, 2.05) is 0 Å². The first-order chi connectivity index (χ1) is 43.9. The zero-order chi connectivity index (χ0) is 67.2. The number of ether oxygens (including phenoxy) is 4. The number of aliphatic hydroxyl groups excluding tert-OH is 1. The highest BCUT2D eigenvalue weighted by Crippen LogP contribution is 2.45. The fraction of sp³-hybridized carbons (Fsp3) is 0.944. The predicted octanol–water partition coefficient (Wildman–Crippen LogP) is 20.8. The van der Waals surface area contributed by atoms with Crippen LogP contribution in [0.3, 0.4) is 0 Å². The molecule has 0 aromatic carbocycles. The molecule has 0 saturated heterocycles. The summed E-state index contributed by atoms with van der Waals surface area (Å²) in [6.07, 6.45) is 50.3. The van der Waals surface area contributed by atoms with E-state index in [1.54, 1.807) is 0 Å². The highest BCUT2D eigenvalue weighted by Gasteiger charge is 2.30. The van der Waals surface area contributed by atoms with E-state index in [-0.39, 0.29) is 25.7 Å². The van der Waals surface area contributed by atoms with Crippen LogP contribution in [0.1, 0.15) is 369 Å². The highest BCUT2D eigenvalue weighted by molar-refractivity contribution is 7.47. The second kappa shape index (κ2) is 64.1. The van der Waals surface area contributed by atoms with Crippen molar-refractivity contribution in [2.24, 2.45) is 11.8 Å². The molecule has 17 nitrogen and oxygen atoms in total. The fourth-order valence-electron chi connectivity index (χ4n) is 10.9. The third-order valence-corrected chi connectivity index (χ3v) is 19.0. The summed E-state index contributed by atoms with van der Waals surface area (Å²) >= 11 is 0. The number of aliphatic hydroxyl groups is 1. The molecule has 0 saturated carbocycles. The molecule has 540 valence electrons. The quantitative estimate of drug-likeness (QED) is 0.0222. The average Bonchev–Trinajstić information content (AvgIpc) is 3.68. The Morgan fingerprint density at radius 1 is 0.319 bits per heavy atom. The molecule has 0 heterocycles. The Labute approximate surface area is 556 Å². The Bertz CT molecular complexity index is 1770. The van der Waals surface area contributed by atoms with Crippen molar-refractivity contribution in [3.8, 4) is 0 Å². The lowest BCUT2D eigenvalue weighted by Gasteiger charge is -2.21. The Morgan fingerprint density at radius 3 is 0.835 bits per heavy atom. The molecular formula is C72H140O17P2. The van der Waals surface area contributed by atoms with Gasteiger partial charge in [-0.3, -0.25) is 37.3 Å². The predicted molar refractivity (Wildman–Crippen MR) is 368 cm³/mol. The van der Waals surface area contributed by atoms with Gasteiger partial charge in [-0.2, -0.15) is 0 Å². The molecule has 0 amide bonds. The Hall–Kier alpha value is -1.94. The van der Waals surface area contributed by atoms with Gasteiger partial charge in [-0.1, -0.05) is 318 Å². The lowest BCUT2D eigenvalue weighted by Crippen LogP contribution is -2.30. The molecule has 3 unspecified atom stereocenters. The van der Waals surface area contributed by atoms with Crippen LogP contribution < -0.4 is 0 Å². The summed E-state index contributed by atoms with van der Waals surface area (Å²) in [5, 5.41) is 10.6. The fourth-order valence-corrected chi connectivity index (χ4v) is 12.5. The van der Waals surface area contributed by atoms with E-state index in [2.05, 4.69) is 41.5 Å². The largest absolute Gasteiger partial charge is 0.472 e. The number of carbonyl (C=O) groups is 4. The standard InChI is InChI=1S/C72H140O17P2/c1-7-10-12-14-16-17-18-19-20-21-22-23-24-25-26-27-28-29-38-44-50-56-71(76)88-68(61-83-70(75)55-49-43-37-33-31-36-41-47-53-65(6)9-3)63-87-91(80,81)85-59-66(73)58-84-90(78,79)86-62-67(60-82-69(74)54-48-42-34-15-13-11-8-2)89-72(77)57-51-45-39-32-30-35-40-46-52-64(4)5/h64-68,73H,7-63H2,1-6H3,(H,78,79)(H,80,81)/t65?,66-,67+,68+/m0/s1. The minimum atomic E-state index is -4.95. The van der Waals surface area contributed by atoms with Crippen molar-refractivity contribution in [1.82, 2.24) is 0 Å². The molecule has 0 fully saturated rings. The molecule has 0 rings (SSSR count). The smallest absolute Gasteiger partial charge is 0.462 e. The summed E-state index contributed by atoms with van der Waals surface area (Å²) in [6, 6.07) is 0. The van der Waals surface area contributed by atoms with Gasteiger partial charge in [0.05, 0.1) is 26.4 Å². The van der Waals surface area contributed by atoms with Crippen LogP contribution in [0.15, 0.2) is 0 Å². The maximum atomic E-state index is 13.0. The summed E-state index contributed by atoms with van der Waals surface area (Å²) in [5.41, 5.74) is 0. The van der Waals surface area contributed by atoms with Gasteiger partial charge in [0.25, 0.3) is 0 Å². The number of hydrogen-bond acceptors (Lipinski definition) is 15. The van der Waals surface area contributed by atoms with Crippen molar-refractivity contribution < 1.29 is 80.2 Å². The van der Waals surface area contributed by atoms with E-state index in [0.717, 1.165) is 115 Å². The number of rotatable bonds is 71. The van der Waals surface area contributed by atoms with Crippen molar-refractivity contribution in [3.63, 3.8) is 0 Å². The van der Waals surface area contributed by atoms with Gasteiger partial charge < -0.3 is 33.8 Å². The van der Waals surface area contributed by atoms with Gasteiger partial charge in [-0.25, -0.2) is 9.13 Å². The van der Waals surface area contributed by atoms with Gasteiger partial charge >= 0.3 is 39.5 Å². The zero-order valence-electron chi connectivity index (χ0n) is 59.1. The lowest BCUT2D eigenvalue weighted by atomic mass is 9.99. The van der Waals surface area contributed by atoms with E-state index in [1.165, 1.54) is 173 Å². The van der Waals surface area contributed by atoms with Crippen LogP contribution in [0.2, 0.25) is 0 Å². The molecule has 19 heteroatoms. The molecule has 0 radical (unpaired) electrons. The summed E-state index contributed by atoms with van der Waals surface area (Å²) < 4.78 is 68.2. The maximum Gasteiger partial charge on any atom is 0.472 e. The van der Waals surface area contributed by atoms with Crippen molar-refractivity contribution in [2.45, 2.75) is 387 Å². The van der Waals surface area contributed by atoms with E-state index in [4.69, 9.17) is 37.0 Å². The number of esters is 4. The molecule has 0 aliphatic heterocycles. The van der Waals surface area contributed by atoms with Gasteiger partial charge in [0.1, 0.15) is 19.3 Å². The molecule has 0 aromatic heterocycles. The number of carbonyl (C=O) groups excluding carboxylic acids is 4. The maximum absolute atomic E-state index is 13.0. The topological polar surface area (TPSA) is 237 Å². The molecule has 3 N–H and O–H groups in total. The molecule has 0 aliphatic carbocycles. The molecular weight excluding hydrogens is 1200 g/mol. The molecule has 0 spiro atoms. The average molecular weight is 1340 g/mol. The van der Waals surface area contributed by atoms with Gasteiger partial charge in [0, 0.05) is 25.7 Å². The van der Waals surface area contributed by atoms with Crippen molar-refractivity contribution in [2.75, 3.05) is 39.6 Å². The minimum Gasteiger partial charge on any atom is -0.462 e. The summed E-state index contributed by atoms with van der Waals surface area (Å²) in [7, 11) is -9.90. The second-order valence-corrected chi connectivity index (χ2v) is 29.6. The first-order valence-electron chi connectivity index (χ1n) is 37.5. The number of phosphoric acid groups is 2. The van der Waals surface area contributed by atoms with E-state index in [0.29, 0.717) is 25.7 Å². The highest BCUT2D eigenvalue weighted by atomic mass is 31.2.